The Bertz CT molecular complexity index is 1010. The van der Waals surface area contributed by atoms with Crippen LogP contribution in [0.4, 0.5) is 5.95 Å². The first-order valence-electron chi connectivity index (χ1n) is 11.2. The summed E-state index contributed by atoms with van der Waals surface area (Å²) in [6, 6.07) is 8.78. The number of aromatic amines is 1. The average molecular weight is 434 g/mol. The van der Waals surface area contributed by atoms with Gasteiger partial charge in [-0.05, 0) is 36.8 Å². The van der Waals surface area contributed by atoms with Crippen LogP contribution < -0.4 is 5.32 Å². The highest BCUT2D eigenvalue weighted by Crippen LogP contribution is 2.23. The molecule has 0 radical (unpaired) electrons. The van der Waals surface area contributed by atoms with E-state index in [0.717, 1.165) is 37.8 Å². The number of aromatic nitrogens is 5. The molecule has 166 valence electrons. The van der Waals surface area contributed by atoms with E-state index in [1.54, 1.807) is 18.6 Å². The zero-order valence-electron chi connectivity index (χ0n) is 17.9. The maximum atomic E-state index is 12.8. The van der Waals surface area contributed by atoms with Gasteiger partial charge >= 0.3 is 0 Å². The fraction of sp³-hybridized carbons (Fsp3) is 0.435. The van der Waals surface area contributed by atoms with E-state index in [9.17, 15) is 4.79 Å². The largest absolute Gasteiger partial charge is 0.378 e. The molecule has 1 aromatic carbocycles. The van der Waals surface area contributed by atoms with Gasteiger partial charge in [0.15, 0.2) is 0 Å². The summed E-state index contributed by atoms with van der Waals surface area (Å²) in [5.74, 6) is 0.546. The predicted octanol–water partition coefficient (Wildman–Crippen LogP) is 2.04. The lowest BCUT2D eigenvalue weighted by atomic mass is 10.1. The van der Waals surface area contributed by atoms with Gasteiger partial charge in [-0.2, -0.15) is 15.4 Å². The van der Waals surface area contributed by atoms with Gasteiger partial charge in [0.2, 0.25) is 5.95 Å². The Kier molecular flexibility index (Phi) is 6.06. The topological polar surface area (TPSA) is 109 Å². The molecule has 2 N–H and O–H groups in total. The number of hydrogen-bond acceptors (Lipinski definition) is 7. The third-order valence-electron chi connectivity index (χ3n) is 6.19. The molecule has 0 unspecified atom stereocenters. The Hall–Kier alpha value is -3.33. The summed E-state index contributed by atoms with van der Waals surface area (Å²) in [5, 5.41) is 13.8. The van der Waals surface area contributed by atoms with Crippen molar-refractivity contribution < 1.29 is 9.53 Å². The number of ether oxygens (including phenoxy) is 1. The van der Waals surface area contributed by atoms with Crippen molar-refractivity contribution in [2.45, 2.75) is 44.2 Å². The summed E-state index contributed by atoms with van der Waals surface area (Å²) in [7, 11) is 0. The normalized spacial score (nSPS) is 16.8. The summed E-state index contributed by atoms with van der Waals surface area (Å²) in [6.07, 6.45) is 9.46. The van der Waals surface area contributed by atoms with E-state index >= 15 is 0 Å². The van der Waals surface area contributed by atoms with Crippen LogP contribution in [0.3, 0.4) is 0 Å². The molecule has 1 amide bonds. The molecular weight excluding hydrogens is 406 g/mol. The first-order valence-corrected chi connectivity index (χ1v) is 11.2. The van der Waals surface area contributed by atoms with E-state index in [0.29, 0.717) is 31.2 Å². The quantitative estimate of drug-likeness (QED) is 0.587. The molecule has 2 aromatic heterocycles. The van der Waals surface area contributed by atoms with Crippen molar-refractivity contribution in [1.82, 2.24) is 30.3 Å². The fourth-order valence-electron chi connectivity index (χ4n) is 4.44. The van der Waals surface area contributed by atoms with Crippen molar-refractivity contribution in [3.63, 3.8) is 0 Å². The second kappa shape index (κ2) is 9.44. The van der Waals surface area contributed by atoms with E-state index in [-0.39, 0.29) is 18.1 Å². The zero-order chi connectivity index (χ0) is 21.8. The maximum absolute atomic E-state index is 12.8. The highest BCUT2D eigenvalue weighted by atomic mass is 16.5. The summed E-state index contributed by atoms with van der Waals surface area (Å²) in [4.78, 5) is 23.5. The standard InChI is InChI=1S/C23H27N7O2/c31-22(30-8-5-21(6-9-30)32-10-7-19-15-26-29-28-19)18-13-24-23(25-14-18)27-20-11-16-3-1-2-4-17(16)12-20/h1-4,13-15,20-21H,5-12H2,(H,24,25,27)(H,26,28,29). The monoisotopic (exact) mass is 433 g/mol. The maximum Gasteiger partial charge on any atom is 0.256 e. The van der Waals surface area contributed by atoms with Gasteiger partial charge in [-0.3, -0.25) is 4.79 Å². The van der Waals surface area contributed by atoms with Crippen molar-refractivity contribution in [2.24, 2.45) is 0 Å². The van der Waals surface area contributed by atoms with E-state index < -0.39 is 0 Å². The summed E-state index contributed by atoms with van der Waals surface area (Å²) < 4.78 is 5.94. The van der Waals surface area contributed by atoms with Crippen molar-refractivity contribution in [3.05, 3.63) is 65.2 Å². The van der Waals surface area contributed by atoms with Crippen LogP contribution in [-0.2, 0) is 24.0 Å². The molecule has 3 heterocycles. The number of H-pyrrole nitrogens is 1. The van der Waals surface area contributed by atoms with Crippen LogP contribution in [0.5, 0.6) is 0 Å². The van der Waals surface area contributed by atoms with Gasteiger partial charge in [0.05, 0.1) is 30.2 Å². The van der Waals surface area contributed by atoms with Gasteiger partial charge in [-0.25, -0.2) is 9.97 Å². The Morgan fingerprint density at radius 1 is 1.09 bits per heavy atom. The first kappa shape index (κ1) is 20.6. The Morgan fingerprint density at radius 3 is 2.47 bits per heavy atom. The first-order chi connectivity index (χ1) is 15.7. The molecule has 3 aromatic rings. The van der Waals surface area contributed by atoms with E-state index in [1.807, 2.05) is 4.90 Å². The van der Waals surface area contributed by atoms with E-state index in [1.165, 1.54) is 11.1 Å². The molecule has 32 heavy (non-hydrogen) atoms. The predicted molar refractivity (Wildman–Crippen MR) is 118 cm³/mol. The number of carbonyl (C=O) groups excluding carboxylic acids is 1. The van der Waals surface area contributed by atoms with Crippen molar-refractivity contribution >= 4 is 11.9 Å². The number of rotatable bonds is 7. The zero-order valence-corrected chi connectivity index (χ0v) is 17.9. The fourth-order valence-corrected chi connectivity index (χ4v) is 4.44. The molecule has 1 aliphatic carbocycles. The Balaban J connectivity index is 1.07. The molecule has 9 heteroatoms. The second-order valence-corrected chi connectivity index (χ2v) is 8.39. The molecule has 9 nitrogen and oxygen atoms in total. The van der Waals surface area contributed by atoms with Gasteiger partial charge in [-0.1, -0.05) is 24.3 Å². The molecular formula is C23H27N7O2. The summed E-state index contributed by atoms with van der Waals surface area (Å²) in [5.41, 5.74) is 4.17. The number of benzene rings is 1. The minimum absolute atomic E-state index is 0.0223. The number of anilines is 1. The molecule has 0 atom stereocenters. The molecule has 0 spiro atoms. The number of nitrogens with zero attached hydrogens (tertiary/aromatic N) is 5. The third-order valence-corrected chi connectivity index (χ3v) is 6.19. The van der Waals surface area contributed by atoms with Gasteiger partial charge in [-0.15, -0.1) is 0 Å². The highest BCUT2D eigenvalue weighted by Gasteiger charge is 2.25. The number of piperidine rings is 1. The Morgan fingerprint density at radius 2 is 1.81 bits per heavy atom. The van der Waals surface area contributed by atoms with Crippen molar-refractivity contribution in [1.29, 1.82) is 0 Å². The lowest BCUT2D eigenvalue weighted by molar-refractivity contribution is 0.00980. The SMILES string of the molecule is O=C(c1cnc(NC2Cc3ccccc3C2)nc1)N1CCC(OCCc2cn[nH]n2)CC1. The molecule has 1 aliphatic heterocycles. The van der Waals surface area contributed by atoms with Crippen LogP contribution in [0.15, 0.2) is 42.9 Å². The Labute approximate surface area is 186 Å². The molecule has 1 saturated heterocycles. The number of nitrogens with one attached hydrogen (secondary N) is 2. The second-order valence-electron chi connectivity index (χ2n) is 8.39. The van der Waals surface area contributed by atoms with Crippen LogP contribution >= 0.6 is 0 Å². The van der Waals surface area contributed by atoms with Crippen molar-refractivity contribution in [2.75, 3.05) is 25.0 Å². The lowest BCUT2D eigenvalue weighted by Crippen LogP contribution is -2.41. The van der Waals surface area contributed by atoms with E-state index in [4.69, 9.17) is 4.74 Å². The molecule has 0 bridgehead atoms. The molecule has 5 rings (SSSR count). The number of fused-ring (bicyclic) bond motifs is 1. The number of hydrogen-bond donors (Lipinski definition) is 2. The molecule has 1 fully saturated rings. The lowest BCUT2D eigenvalue weighted by Gasteiger charge is -2.31. The number of carbonyl (C=O) groups is 1. The smallest absolute Gasteiger partial charge is 0.256 e. The summed E-state index contributed by atoms with van der Waals surface area (Å²) in [6.45, 7) is 1.96. The van der Waals surface area contributed by atoms with Crippen LogP contribution in [-0.4, -0.2) is 68.0 Å². The van der Waals surface area contributed by atoms with Gasteiger partial charge < -0.3 is 15.0 Å². The minimum atomic E-state index is -0.0223. The van der Waals surface area contributed by atoms with Crippen LogP contribution in [0.1, 0.15) is 40.0 Å². The molecule has 0 saturated carbocycles. The minimum Gasteiger partial charge on any atom is -0.378 e. The van der Waals surface area contributed by atoms with Crippen molar-refractivity contribution in [3.8, 4) is 0 Å². The van der Waals surface area contributed by atoms with Gasteiger partial charge in [0.25, 0.3) is 5.91 Å². The highest BCUT2D eigenvalue weighted by molar-refractivity contribution is 5.93. The third kappa shape index (κ3) is 4.77. The summed E-state index contributed by atoms with van der Waals surface area (Å²) >= 11 is 0. The van der Waals surface area contributed by atoms with Gasteiger partial charge in [0.1, 0.15) is 0 Å². The number of likely N-dealkylation sites (tertiary alicyclic amines) is 1. The molecule has 2 aliphatic rings. The number of amides is 1. The van der Waals surface area contributed by atoms with Crippen LogP contribution in [0, 0.1) is 0 Å². The average Bonchev–Trinajstić information content (AvgIpc) is 3.49. The van der Waals surface area contributed by atoms with Crippen LogP contribution in [0.25, 0.3) is 0 Å². The van der Waals surface area contributed by atoms with E-state index in [2.05, 4.69) is 55.0 Å². The van der Waals surface area contributed by atoms with Crippen LogP contribution in [0.2, 0.25) is 0 Å². The van der Waals surface area contributed by atoms with Gasteiger partial charge in [0, 0.05) is 37.9 Å².